The first-order valence-corrected chi connectivity index (χ1v) is 11.4. The molecule has 0 saturated carbocycles. The summed E-state index contributed by atoms with van der Waals surface area (Å²) in [5, 5.41) is 0. The van der Waals surface area contributed by atoms with Crippen molar-refractivity contribution < 1.29 is 14.3 Å². The van der Waals surface area contributed by atoms with Crippen LogP contribution in [0.25, 0.3) is 0 Å². The third-order valence-corrected chi connectivity index (χ3v) is 5.80. The van der Waals surface area contributed by atoms with E-state index in [-0.39, 0.29) is 24.5 Å². The number of hydrogen-bond acceptors (Lipinski definition) is 5. The topological polar surface area (TPSA) is 66.0 Å². The molecule has 1 atom stereocenters. The Morgan fingerprint density at radius 1 is 1.09 bits per heavy atom. The molecule has 1 saturated heterocycles. The quantitative estimate of drug-likeness (QED) is 0.569. The molecule has 2 aromatic rings. The molecule has 0 aliphatic carbocycles. The van der Waals surface area contributed by atoms with Crippen LogP contribution in [0.5, 0.6) is 0 Å². The molecule has 1 aliphatic heterocycles. The highest BCUT2D eigenvalue weighted by molar-refractivity contribution is 5.79. The molecule has 2 amide bonds. The summed E-state index contributed by atoms with van der Waals surface area (Å²) in [6.45, 7) is 7.95. The molecule has 1 aliphatic rings. The van der Waals surface area contributed by atoms with E-state index < -0.39 is 0 Å². The van der Waals surface area contributed by atoms with Gasteiger partial charge in [0.25, 0.3) is 0 Å². The fourth-order valence-electron chi connectivity index (χ4n) is 4.01. The summed E-state index contributed by atoms with van der Waals surface area (Å²) in [6.07, 6.45) is 4.13. The Balaban J connectivity index is 1.67. The Bertz CT molecular complexity index is 843. The van der Waals surface area contributed by atoms with Gasteiger partial charge in [-0.25, -0.2) is 0 Å². The molecule has 7 heteroatoms. The van der Waals surface area contributed by atoms with Crippen molar-refractivity contribution in [3.63, 3.8) is 0 Å². The molecule has 0 bridgehead atoms. The Kier molecular flexibility index (Phi) is 9.19. The zero-order valence-corrected chi connectivity index (χ0v) is 19.2. The van der Waals surface area contributed by atoms with Crippen LogP contribution in [0.3, 0.4) is 0 Å². The average Bonchev–Trinajstić information content (AvgIpc) is 2.96. The van der Waals surface area contributed by atoms with Crippen molar-refractivity contribution >= 4 is 11.8 Å². The Hall–Kier alpha value is -2.77. The highest BCUT2D eigenvalue weighted by atomic mass is 16.5. The number of ether oxygens (including phenoxy) is 1. The predicted octanol–water partition coefficient (Wildman–Crippen LogP) is 2.22. The second-order valence-electron chi connectivity index (χ2n) is 8.11. The third-order valence-electron chi connectivity index (χ3n) is 5.80. The van der Waals surface area contributed by atoms with Gasteiger partial charge in [-0.05, 0) is 37.5 Å². The van der Waals surface area contributed by atoms with Gasteiger partial charge in [0.05, 0.1) is 12.6 Å². The summed E-state index contributed by atoms with van der Waals surface area (Å²) in [4.78, 5) is 35.4. The van der Waals surface area contributed by atoms with E-state index in [1.165, 1.54) is 5.56 Å². The lowest BCUT2D eigenvalue weighted by atomic mass is 10.1. The number of carbonyl (C=O) groups is 2. The van der Waals surface area contributed by atoms with Crippen molar-refractivity contribution in [2.24, 2.45) is 0 Å². The van der Waals surface area contributed by atoms with E-state index in [2.05, 4.69) is 22.0 Å². The molecule has 3 rings (SSSR count). The second-order valence-corrected chi connectivity index (χ2v) is 8.11. The van der Waals surface area contributed by atoms with Crippen LogP contribution in [0.1, 0.15) is 25.0 Å². The largest absolute Gasteiger partial charge is 0.365 e. The number of aromatic nitrogens is 1. The molecule has 1 aromatic heterocycles. The van der Waals surface area contributed by atoms with Gasteiger partial charge in [0.15, 0.2) is 0 Å². The van der Waals surface area contributed by atoms with Crippen molar-refractivity contribution in [2.75, 3.05) is 45.9 Å². The van der Waals surface area contributed by atoms with Crippen molar-refractivity contribution in [3.05, 3.63) is 66.0 Å². The van der Waals surface area contributed by atoms with Crippen molar-refractivity contribution in [1.29, 1.82) is 0 Å². The van der Waals surface area contributed by atoms with Gasteiger partial charge in [0.2, 0.25) is 11.8 Å². The normalized spacial score (nSPS) is 17.2. The van der Waals surface area contributed by atoms with Crippen LogP contribution < -0.4 is 0 Å². The lowest BCUT2D eigenvalue weighted by Crippen LogP contribution is -2.41. The molecule has 172 valence electrons. The predicted molar refractivity (Wildman–Crippen MR) is 124 cm³/mol. The first-order valence-electron chi connectivity index (χ1n) is 11.4. The molecule has 1 fully saturated rings. The molecule has 0 spiro atoms. The van der Waals surface area contributed by atoms with Gasteiger partial charge in [0.1, 0.15) is 6.61 Å². The number of amides is 2. The number of hydrogen-bond donors (Lipinski definition) is 0. The molecular formula is C25H34N4O3. The van der Waals surface area contributed by atoms with Gasteiger partial charge in [-0.2, -0.15) is 0 Å². The summed E-state index contributed by atoms with van der Waals surface area (Å²) in [7, 11) is 0. The van der Waals surface area contributed by atoms with E-state index in [1.807, 2.05) is 55.3 Å². The smallest absolute Gasteiger partial charge is 0.248 e. The van der Waals surface area contributed by atoms with Crippen LogP contribution >= 0.6 is 0 Å². The third kappa shape index (κ3) is 7.14. The molecule has 0 radical (unpaired) electrons. The maximum absolute atomic E-state index is 13.1. The highest BCUT2D eigenvalue weighted by Gasteiger charge is 2.29. The highest BCUT2D eigenvalue weighted by Crippen LogP contribution is 2.13. The van der Waals surface area contributed by atoms with Gasteiger partial charge in [-0.15, -0.1) is 0 Å². The maximum atomic E-state index is 13.1. The van der Waals surface area contributed by atoms with E-state index in [0.29, 0.717) is 45.8 Å². The van der Waals surface area contributed by atoms with Crippen LogP contribution in [0.4, 0.5) is 0 Å². The van der Waals surface area contributed by atoms with Crippen LogP contribution in [-0.4, -0.2) is 83.5 Å². The fraction of sp³-hybridized carbons (Fsp3) is 0.480. The molecule has 32 heavy (non-hydrogen) atoms. The van der Waals surface area contributed by atoms with Crippen molar-refractivity contribution in [1.82, 2.24) is 19.7 Å². The summed E-state index contributed by atoms with van der Waals surface area (Å²) in [5.41, 5.74) is 2.25. The molecule has 0 N–H and O–H groups in total. The van der Waals surface area contributed by atoms with Gasteiger partial charge in [-0.3, -0.25) is 19.5 Å². The standard InChI is InChI=1S/C25H34N4O3/c1-3-28(4-2)25(31)20-32-23-17-27(16-22-11-8-13-26-15-22)19-24(30)29(18-23)14-12-21-9-6-5-7-10-21/h5-11,13,15,23H,3-4,12,14,16-20H2,1-2H3. The second kappa shape index (κ2) is 12.3. The van der Waals surface area contributed by atoms with E-state index in [4.69, 9.17) is 4.74 Å². The van der Waals surface area contributed by atoms with Gasteiger partial charge < -0.3 is 14.5 Å². The first kappa shape index (κ1) is 23.9. The number of benzene rings is 1. The van der Waals surface area contributed by atoms with Crippen molar-refractivity contribution in [2.45, 2.75) is 32.9 Å². The van der Waals surface area contributed by atoms with Crippen LogP contribution in [-0.2, 0) is 27.3 Å². The lowest BCUT2D eigenvalue weighted by molar-refractivity contribution is -0.138. The van der Waals surface area contributed by atoms with Gasteiger partial charge >= 0.3 is 0 Å². The minimum atomic E-state index is -0.228. The summed E-state index contributed by atoms with van der Waals surface area (Å²) < 4.78 is 6.07. The van der Waals surface area contributed by atoms with E-state index in [0.717, 1.165) is 12.0 Å². The van der Waals surface area contributed by atoms with E-state index >= 15 is 0 Å². The molecule has 7 nitrogen and oxygen atoms in total. The average molecular weight is 439 g/mol. The molecular weight excluding hydrogens is 404 g/mol. The summed E-state index contributed by atoms with van der Waals surface area (Å²) in [5.74, 6) is 0.0752. The van der Waals surface area contributed by atoms with E-state index in [1.54, 1.807) is 11.1 Å². The lowest BCUT2D eigenvalue weighted by Gasteiger charge is -2.26. The summed E-state index contributed by atoms with van der Waals surface area (Å²) >= 11 is 0. The summed E-state index contributed by atoms with van der Waals surface area (Å²) in [6, 6.07) is 14.1. The van der Waals surface area contributed by atoms with Crippen LogP contribution in [0.15, 0.2) is 54.9 Å². The Labute approximate surface area is 191 Å². The molecule has 1 aromatic carbocycles. The van der Waals surface area contributed by atoms with Crippen molar-refractivity contribution in [3.8, 4) is 0 Å². The first-order chi connectivity index (χ1) is 15.6. The number of carbonyl (C=O) groups excluding carboxylic acids is 2. The minimum absolute atomic E-state index is 0.0137. The number of rotatable bonds is 10. The maximum Gasteiger partial charge on any atom is 0.248 e. The van der Waals surface area contributed by atoms with Crippen LogP contribution in [0.2, 0.25) is 0 Å². The molecule has 1 unspecified atom stereocenters. The number of likely N-dealkylation sites (N-methyl/N-ethyl adjacent to an activating group) is 1. The monoisotopic (exact) mass is 438 g/mol. The van der Waals surface area contributed by atoms with Gasteiger partial charge in [0, 0.05) is 51.7 Å². The van der Waals surface area contributed by atoms with E-state index in [9.17, 15) is 9.59 Å². The minimum Gasteiger partial charge on any atom is -0.365 e. The zero-order valence-electron chi connectivity index (χ0n) is 19.2. The fourth-order valence-corrected chi connectivity index (χ4v) is 4.01. The zero-order chi connectivity index (χ0) is 22.8. The number of nitrogens with zero attached hydrogens (tertiary/aromatic N) is 4. The van der Waals surface area contributed by atoms with Crippen LogP contribution in [0, 0.1) is 0 Å². The Morgan fingerprint density at radius 2 is 1.84 bits per heavy atom. The Morgan fingerprint density at radius 3 is 2.53 bits per heavy atom. The molecule has 2 heterocycles. The number of pyridine rings is 1. The SMILES string of the molecule is CCN(CC)C(=O)COC1CN(Cc2cccnc2)CC(=O)N(CCc2ccccc2)C1. The van der Waals surface area contributed by atoms with Gasteiger partial charge in [-0.1, -0.05) is 36.4 Å².